The van der Waals surface area contributed by atoms with Gasteiger partial charge in [-0.05, 0) is 24.6 Å². The van der Waals surface area contributed by atoms with Crippen LogP contribution in [0, 0.1) is 11.9 Å². The first kappa shape index (κ1) is 9.92. The Morgan fingerprint density at radius 1 is 1.62 bits per heavy atom. The van der Waals surface area contributed by atoms with Crippen LogP contribution in [0.1, 0.15) is 6.92 Å². The molecule has 1 atom stereocenters. The van der Waals surface area contributed by atoms with Crippen LogP contribution in [0.3, 0.4) is 0 Å². The molecule has 0 aliphatic rings. The van der Waals surface area contributed by atoms with E-state index in [1.165, 1.54) is 6.07 Å². The van der Waals surface area contributed by atoms with E-state index >= 15 is 0 Å². The van der Waals surface area contributed by atoms with E-state index in [0.29, 0.717) is 24.8 Å². The first-order valence-electron chi connectivity index (χ1n) is 4.29. The topological polar surface area (TPSA) is 50.9 Å². The number of pyridine rings is 1. The monoisotopic (exact) mass is 183 g/mol. The second kappa shape index (κ2) is 4.77. The van der Waals surface area contributed by atoms with Crippen molar-refractivity contribution in [2.24, 2.45) is 11.7 Å². The van der Waals surface area contributed by atoms with Crippen molar-refractivity contribution in [3.8, 4) is 0 Å². The van der Waals surface area contributed by atoms with Gasteiger partial charge >= 0.3 is 0 Å². The molecule has 0 aliphatic heterocycles. The maximum Gasteiger partial charge on any atom is 0.214 e. The summed E-state index contributed by atoms with van der Waals surface area (Å²) in [6.45, 7) is 3.35. The molecule has 0 fully saturated rings. The van der Waals surface area contributed by atoms with Gasteiger partial charge in [-0.15, -0.1) is 0 Å². The van der Waals surface area contributed by atoms with E-state index in [2.05, 4.69) is 10.3 Å². The lowest BCUT2D eigenvalue weighted by Crippen LogP contribution is -2.20. The summed E-state index contributed by atoms with van der Waals surface area (Å²) in [5, 5.41) is 3.01. The Hall–Kier alpha value is -1.16. The molecule has 0 amide bonds. The van der Waals surface area contributed by atoms with Crippen molar-refractivity contribution in [2.75, 3.05) is 18.4 Å². The van der Waals surface area contributed by atoms with Gasteiger partial charge in [-0.2, -0.15) is 4.39 Å². The van der Waals surface area contributed by atoms with Crippen molar-refractivity contribution in [1.82, 2.24) is 4.98 Å². The third-order valence-corrected chi connectivity index (χ3v) is 1.75. The van der Waals surface area contributed by atoms with E-state index in [9.17, 15) is 4.39 Å². The zero-order valence-corrected chi connectivity index (χ0v) is 7.63. The molecule has 1 unspecified atom stereocenters. The largest absolute Gasteiger partial charge is 0.370 e. The zero-order chi connectivity index (χ0) is 9.68. The van der Waals surface area contributed by atoms with Crippen LogP contribution in [0.2, 0.25) is 0 Å². The lowest BCUT2D eigenvalue weighted by Gasteiger charge is -2.09. The minimum absolute atomic E-state index is 0.366. The highest BCUT2D eigenvalue weighted by atomic mass is 19.1. The van der Waals surface area contributed by atoms with Gasteiger partial charge in [-0.25, -0.2) is 4.98 Å². The molecule has 0 radical (unpaired) electrons. The lowest BCUT2D eigenvalue weighted by molar-refractivity contribution is 0.582. The first-order valence-corrected chi connectivity index (χ1v) is 4.29. The number of nitrogens with zero attached hydrogens (tertiary/aromatic N) is 1. The molecule has 3 N–H and O–H groups in total. The highest BCUT2D eigenvalue weighted by Crippen LogP contribution is 2.04. The van der Waals surface area contributed by atoms with E-state index in [4.69, 9.17) is 5.73 Å². The Balaban J connectivity index is 2.45. The highest BCUT2D eigenvalue weighted by molar-refractivity contribution is 5.33. The average Bonchev–Trinajstić information content (AvgIpc) is 2.14. The van der Waals surface area contributed by atoms with Gasteiger partial charge in [-0.3, -0.25) is 0 Å². The molecule has 0 saturated carbocycles. The number of rotatable bonds is 4. The summed E-state index contributed by atoms with van der Waals surface area (Å²) in [5.74, 6) is 0.454. The number of nitrogens with two attached hydrogens (primary N) is 1. The molecule has 0 spiro atoms. The quantitative estimate of drug-likeness (QED) is 0.690. The third-order valence-electron chi connectivity index (χ3n) is 1.75. The van der Waals surface area contributed by atoms with Crippen molar-refractivity contribution in [3.05, 3.63) is 24.1 Å². The molecule has 0 aliphatic carbocycles. The standard InChI is InChI=1S/C9H14FN3/c1-7(5-11)6-12-9-4-2-3-8(10)13-9/h2-4,7H,5-6,11H2,1H3,(H,12,13). The number of anilines is 1. The van der Waals surface area contributed by atoms with Crippen molar-refractivity contribution in [1.29, 1.82) is 0 Å². The number of halogens is 1. The van der Waals surface area contributed by atoms with Gasteiger partial charge in [0.15, 0.2) is 0 Å². The Labute approximate surface area is 77.2 Å². The van der Waals surface area contributed by atoms with Crippen LogP contribution in [-0.4, -0.2) is 18.1 Å². The summed E-state index contributed by atoms with van der Waals surface area (Å²) in [7, 11) is 0. The molecule has 1 aromatic heterocycles. The Bertz CT molecular complexity index is 265. The van der Waals surface area contributed by atoms with E-state index in [1.54, 1.807) is 12.1 Å². The lowest BCUT2D eigenvalue weighted by atomic mass is 10.2. The fraction of sp³-hybridized carbons (Fsp3) is 0.444. The van der Waals surface area contributed by atoms with Crippen LogP contribution in [0.4, 0.5) is 10.2 Å². The van der Waals surface area contributed by atoms with Crippen LogP contribution in [0.25, 0.3) is 0 Å². The van der Waals surface area contributed by atoms with E-state index in [0.717, 1.165) is 0 Å². The van der Waals surface area contributed by atoms with Crippen LogP contribution < -0.4 is 11.1 Å². The molecule has 1 rings (SSSR count). The normalized spacial score (nSPS) is 12.5. The summed E-state index contributed by atoms with van der Waals surface area (Å²) in [6, 6.07) is 4.67. The van der Waals surface area contributed by atoms with E-state index in [1.807, 2.05) is 6.92 Å². The summed E-state index contributed by atoms with van der Waals surface area (Å²) in [5.41, 5.74) is 5.43. The minimum atomic E-state index is -0.467. The first-order chi connectivity index (χ1) is 6.22. The van der Waals surface area contributed by atoms with Crippen molar-refractivity contribution in [3.63, 3.8) is 0 Å². The molecular formula is C9H14FN3. The molecular weight excluding hydrogens is 169 g/mol. The van der Waals surface area contributed by atoms with Crippen molar-refractivity contribution >= 4 is 5.82 Å². The van der Waals surface area contributed by atoms with Crippen LogP contribution in [0.5, 0.6) is 0 Å². The fourth-order valence-corrected chi connectivity index (χ4v) is 0.869. The third kappa shape index (κ3) is 3.38. The van der Waals surface area contributed by atoms with E-state index in [-0.39, 0.29) is 0 Å². The number of hydrogen-bond acceptors (Lipinski definition) is 3. The highest BCUT2D eigenvalue weighted by Gasteiger charge is 1.99. The van der Waals surface area contributed by atoms with Gasteiger partial charge in [0.2, 0.25) is 5.95 Å². The van der Waals surface area contributed by atoms with Gasteiger partial charge in [0, 0.05) is 6.54 Å². The van der Waals surface area contributed by atoms with Crippen LogP contribution in [0.15, 0.2) is 18.2 Å². The molecule has 0 saturated heterocycles. The zero-order valence-electron chi connectivity index (χ0n) is 7.63. The Kier molecular flexibility index (Phi) is 3.64. The summed E-state index contributed by atoms with van der Waals surface area (Å²) >= 11 is 0. The van der Waals surface area contributed by atoms with Gasteiger partial charge in [0.05, 0.1) is 0 Å². The molecule has 72 valence electrons. The summed E-state index contributed by atoms with van der Waals surface area (Å²) in [6.07, 6.45) is 0. The maximum atomic E-state index is 12.6. The smallest absolute Gasteiger partial charge is 0.214 e. The Morgan fingerprint density at radius 2 is 2.38 bits per heavy atom. The van der Waals surface area contributed by atoms with Gasteiger partial charge in [0.1, 0.15) is 5.82 Å². The van der Waals surface area contributed by atoms with Gasteiger partial charge < -0.3 is 11.1 Å². The SMILES string of the molecule is CC(CN)CNc1cccc(F)n1. The molecule has 3 nitrogen and oxygen atoms in total. The number of hydrogen-bond donors (Lipinski definition) is 2. The van der Waals surface area contributed by atoms with Crippen molar-refractivity contribution in [2.45, 2.75) is 6.92 Å². The summed E-state index contributed by atoms with van der Waals surface area (Å²) in [4.78, 5) is 3.66. The van der Waals surface area contributed by atoms with Crippen LogP contribution in [-0.2, 0) is 0 Å². The molecule has 4 heteroatoms. The molecule has 0 bridgehead atoms. The van der Waals surface area contributed by atoms with Crippen LogP contribution >= 0.6 is 0 Å². The Morgan fingerprint density at radius 3 is 3.00 bits per heavy atom. The van der Waals surface area contributed by atoms with Crippen molar-refractivity contribution < 1.29 is 4.39 Å². The maximum absolute atomic E-state index is 12.6. The summed E-state index contributed by atoms with van der Waals surface area (Å²) < 4.78 is 12.6. The molecule has 0 aromatic carbocycles. The molecule has 1 aromatic rings. The predicted molar refractivity (Wildman–Crippen MR) is 50.9 cm³/mol. The second-order valence-electron chi connectivity index (χ2n) is 3.07. The number of aromatic nitrogens is 1. The minimum Gasteiger partial charge on any atom is -0.370 e. The van der Waals surface area contributed by atoms with Gasteiger partial charge in [-0.1, -0.05) is 13.0 Å². The average molecular weight is 183 g/mol. The molecule has 13 heavy (non-hydrogen) atoms. The number of nitrogens with one attached hydrogen (secondary N) is 1. The van der Waals surface area contributed by atoms with Gasteiger partial charge in [0.25, 0.3) is 0 Å². The van der Waals surface area contributed by atoms with E-state index < -0.39 is 5.95 Å². The fourth-order valence-electron chi connectivity index (χ4n) is 0.869. The molecule has 1 heterocycles. The second-order valence-corrected chi connectivity index (χ2v) is 3.07. The predicted octanol–water partition coefficient (Wildman–Crippen LogP) is 1.23.